The van der Waals surface area contributed by atoms with Gasteiger partial charge in [0.05, 0.1) is 5.02 Å². The molecule has 0 amide bonds. The van der Waals surface area contributed by atoms with E-state index in [-0.39, 0.29) is 0 Å². The second-order valence-corrected chi connectivity index (χ2v) is 5.22. The first-order chi connectivity index (χ1) is 10.2. The molecule has 0 unspecified atom stereocenters. The Kier molecular flexibility index (Phi) is 5.90. The molecule has 21 heavy (non-hydrogen) atoms. The topological polar surface area (TPSA) is 30.5 Å². The van der Waals surface area contributed by atoms with E-state index in [0.717, 1.165) is 17.9 Å². The summed E-state index contributed by atoms with van der Waals surface area (Å²) in [5.74, 6) is 1.54. The third-order valence-corrected chi connectivity index (χ3v) is 3.27. The van der Waals surface area contributed by atoms with Gasteiger partial charge in [-0.25, -0.2) is 0 Å². The molecule has 0 aliphatic carbocycles. The molecule has 1 N–H and O–H groups in total. The lowest BCUT2D eigenvalue weighted by atomic mass is 10.2. The fourth-order valence-corrected chi connectivity index (χ4v) is 2.27. The summed E-state index contributed by atoms with van der Waals surface area (Å²) in [5.41, 5.74) is 2.31. The first-order valence-corrected chi connectivity index (χ1v) is 7.32. The van der Waals surface area contributed by atoms with Crippen molar-refractivity contribution in [3.63, 3.8) is 0 Å². The predicted molar refractivity (Wildman–Crippen MR) is 86.4 cm³/mol. The van der Waals surface area contributed by atoms with E-state index < -0.39 is 0 Å². The van der Waals surface area contributed by atoms with E-state index in [1.807, 2.05) is 50.4 Å². The zero-order chi connectivity index (χ0) is 15.1. The van der Waals surface area contributed by atoms with Gasteiger partial charge in [0.25, 0.3) is 0 Å². The van der Waals surface area contributed by atoms with Crippen LogP contribution in [0, 0.1) is 6.92 Å². The number of rotatable bonds is 7. The summed E-state index contributed by atoms with van der Waals surface area (Å²) >= 11 is 6.11. The Morgan fingerprint density at radius 3 is 2.62 bits per heavy atom. The van der Waals surface area contributed by atoms with Crippen molar-refractivity contribution < 1.29 is 9.47 Å². The Morgan fingerprint density at radius 1 is 1.05 bits per heavy atom. The van der Waals surface area contributed by atoms with E-state index in [9.17, 15) is 0 Å². The number of ether oxygens (including phenoxy) is 2. The fraction of sp³-hybridized carbons (Fsp3) is 0.294. The van der Waals surface area contributed by atoms with Crippen LogP contribution in [0.1, 0.15) is 11.1 Å². The molecule has 2 aromatic carbocycles. The number of benzene rings is 2. The first-order valence-electron chi connectivity index (χ1n) is 6.94. The maximum absolute atomic E-state index is 6.11. The number of aryl methyl sites for hydroxylation is 1. The van der Waals surface area contributed by atoms with Gasteiger partial charge >= 0.3 is 0 Å². The number of nitrogens with one attached hydrogen (secondary N) is 1. The van der Waals surface area contributed by atoms with Crippen LogP contribution in [0.25, 0.3) is 0 Å². The van der Waals surface area contributed by atoms with Gasteiger partial charge in [-0.2, -0.15) is 0 Å². The maximum Gasteiger partial charge on any atom is 0.138 e. The van der Waals surface area contributed by atoms with Gasteiger partial charge in [0.2, 0.25) is 0 Å². The van der Waals surface area contributed by atoms with Crippen LogP contribution in [0.2, 0.25) is 5.02 Å². The van der Waals surface area contributed by atoms with E-state index in [1.165, 1.54) is 5.56 Å². The molecule has 0 aliphatic rings. The highest BCUT2D eigenvalue weighted by Crippen LogP contribution is 2.25. The molecular weight excluding hydrogens is 286 g/mol. The van der Waals surface area contributed by atoms with Crippen LogP contribution in [0.15, 0.2) is 42.5 Å². The lowest BCUT2D eigenvalue weighted by molar-refractivity contribution is 0.217. The van der Waals surface area contributed by atoms with Gasteiger partial charge in [0.1, 0.15) is 24.7 Å². The normalized spacial score (nSPS) is 10.4. The second-order valence-electron chi connectivity index (χ2n) is 4.81. The van der Waals surface area contributed by atoms with Crippen LogP contribution >= 0.6 is 11.6 Å². The summed E-state index contributed by atoms with van der Waals surface area (Å²) in [4.78, 5) is 0. The third kappa shape index (κ3) is 4.96. The highest BCUT2D eigenvalue weighted by Gasteiger charge is 2.02. The van der Waals surface area contributed by atoms with Crippen LogP contribution in [0.4, 0.5) is 0 Å². The number of hydrogen-bond acceptors (Lipinski definition) is 3. The molecule has 2 aromatic rings. The van der Waals surface area contributed by atoms with Gasteiger partial charge in [0, 0.05) is 6.54 Å². The second kappa shape index (κ2) is 7.91. The Bertz CT molecular complexity index is 587. The Hall–Kier alpha value is -1.71. The largest absolute Gasteiger partial charge is 0.490 e. The lowest BCUT2D eigenvalue weighted by Crippen LogP contribution is -2.10. The SMILES string of the molecule is CNCc1cccc(OCCOc2ccc(C)cc2Cl)c1. The summed E-state index contributed by atoms with van der Waals surface area (Å²) < 4.78 is 11.3. The molecule has 0 bridgehead atoms. The summed E-state index contributed by atoms with van der Waals surface area (Å²) in [5, 5.41) is 3.75. The molecule has 0 fully saturated rings. The van der Waals surface area contributed by atoms with Crippen molar-refractivity contribution in [2.24, 2.45) is 0 Å². The van der Waals surface area contributed by atoms with Crippen molar-refractivity contribution in [1.29, 1.82) is 0 Å². The smallest absolute Gasteiger partial charge is 0.138 e. The molecule has 0 atom stereocenters. The van der Waals surface area contributed by atoms with Crippen LogP contribution in [-0.4, -0.2) is 20.3 Å². The average molecular weight is 306 g/mol. The molecule has 0 spiro atoms. The molecule has 0 saturated heterocycles. The van der Waals surface area contributed by atoms with Crippen molar-refractivity contribution in [3.8, 4) is 11.5 Å². The molecule has 0 aliphatic heterocycles. The van der Waals surface area contributed by atoms with Gasteiger partial charge in [-0.05, 0) is 49.4 Å². The molecule has 0 heterocycles. The fourth-order valence-electron chi connectivity index (χ4n) is 1.98. The van der Waals surface area contributed by atoms with Crippen LogP contribution in [0.3, 0.4) is 0 Å². The molecule has 3 nitrogen and oxygen atoms in total. The van der Waals surface area contributed by atoms with E-state index in [2.05, 4.69) is 11.4 Å². The van der Waals surface area contributed by atoms with Gasteiger partial charge in [-0.3, -0.25) is 0 Å². The van der Waals surface area contributed by atoms with Crippen LogP contribution in [-0.2, 0) is 6.54 Å². The van der Waals surface area contributed by atoms with Crippen molar-refractivity contribution in [2.75, 3.05) is 20.3 Å². The van der Waals surface area contributed by atoms with Crippen molar-refractivity contribution in [3.05, 3.63) is 58.6 Å². The number of halogens is 1. The van der Waals surface area contributed by atoms with E-state index >= 15 is 0 Å². The summed E-state index contributed by atoms with van der Waals surface area (Å²) in [6.45, 7) is 3.76. The zero-order valence-corrected chi connectivity index (χ0v) is 13.1. The molecule has 2 rings (SSSR count). The summed E-state index contributed by atoms with van der Waals surface area (Å²) in [6.07, 6.45) is 0. The van der Waals surface area contributed by atoms with Gasteiger partial charge < -0.3 is 14.8 Å². The Morgan fingerprint density at radius 2 is 1.86 bits per heavy atom. The highest BCUT2D eigenvalue weighted by molar-refractivity contribution is 6.32. The quantitative estimate of drug-likeness (QED) is 0.789. The molecule has 0 saturated carbocycles. The van der Waals surface area contributed by atoms with Crippen molar-refractivity contribution in [2.45, 2.75) is 13.5 Å². The minimum atomic E-state index is 0.457. The summed E-state index contributed by atoms with van der Waals surface area (Å²) in [7, 11) is 1.92. The van der Waals surface area contributed by atoms with Gasteiger partial charge in [0.15, 0.2) is 0 Å². The minimum absolute atomic E-state index is 0.457. The van der Waals surface area contributed by atoms with E-state index in [4.69, 9.17) is 21.1 Å². The maximum atomic E-state index is 6.11. The highest BCUT2D eigenvalue weighted by atomic mass is 35.5. The zero-order valence-electron chi connectivity index (χ0n) is 12.4. The molecule has 0 radical (unpaired) electrons. The van der Waals surface area contributed by atoms with Crippen molar-refractivity contribution in [1.82, 2.24) is 5.32 Å². The van der Waals surface area contributed by atoms with E-state index in [1.54, 1.807) is 0 Å². The lowest BCUT2D eigenvalue weighted by Gasteiger charge is -2.10. The average Bonchev–Trinajstić information content (AvgIpc) is 2.46. The molecular formula is C17H20ClNO2. The summed E-state index contributed by atoms with van der Waals surface area (Å²) in [6, 6.07) is 13.8. The predicted octanol–water partition coefficient (Wildman–Crippen LogP) is 3.83. The van der Waals surface area contributed by atoms with Crippen LogP contribution < -0.4 is 14.8 Å². The first kappa shape index (κ1) is 15.7. The number of hydrogen-bond donors (Lipinski definition) is 1. The molecule has 112 valence electrons. The Balaban J connectivity index is 1.80. The monoisotopic (exact) mass is 305 g/mol. The van der Waals surface area contributed by atoms with E-state index in [0.29, 0.717) is 24.0 Å². The standard InChI is InChI=1S/C17H20ClNO2/c1-13-6-7-17(16(18)10-13)21-9-8-20-15-5-3-4-14(11-15)12-19-2/h3-7,10-11,19H,8-9,12H2,1-2H3. The molecule has 4 heteroatoms. The van der Waals surface area contributed by atoms with Gasteiger partial charge in [-0.1, -0.05) is 29.8 Å². The minimum Gasteiger partial charge on any atom is -0.490 e. The Labute approximate surface area is 130 Å². The van der Waals surface area contributed by atoms with Gasteiger partial charge in [-0.15, -0.1) is 0 Å². The van der Waals surface area contributed by atoms with Crippen molar-refractivity contribution >= 4 is 11.6 Å². The molecule has 0 aromatic heterocycles. The third-order valence-electron chi connectivity index (χ3n) is 2.98. The van der Waals surface area contributed by atoms with Crippen LogP contribution in [0.5, 0.6) is 11.5 Å².